The summed E-state index contributed by atoms with van der Waals surface area (Å²) in [6, 6.07) is 13.3. The number of carbonyl (C=O) groups excluding carboxylic acids is 2. The van der Waals surface area contributed by atoms with E-state index in [1.54, 1.807) is 4.90 Å². The fourth-order valence-corrected chi connectivity index (χ4v) is 3.94. The Balaban J connectivity index is 1.45. The predicted octanol–water partition coefficient (Wildman–Crippen LogP) is 3.73. The molecule has 2 heterocycles. The molecule has 2 aromatic carbocycles. The van der Waals surface area contributed by atoms with Gasteiger partial charge >= 0.3 is 0 Å². The Hall–Kier alpha value is -3.15. The summed E-state index contributed by atoms with van der Waals surface area (Å²) in [7, 11) is 0. The number of anilines is 2. The van der Waals surface area contributed by atoms with E-state index in [9.17, 15) is 9.59 Å². The summed E-state index contributed by atoms with van der Waals surface area (Å²) in [5.41, 5.74) is 4.82. The van der Waals surface area contributed by atoms with Crippen molar-refractivity contribution >= 4 is 34.5 Å². The van der Waals surface area contributed by atoms with Crippen molar-refractivity contribution in [2.45, 2.75) is 45.2 Å². The molecule has 0 spiro atoms. The van der Waals surface area contributed by atoms with Gasteiger partial charge in [-0.2, -0.15) is 0 Å². The number of hydrogen-bond acceptors (Lipinski definition) is 3. The minimum absolute atomic E-state index is 0.0222. The molecule has 2 aliphatic rings. The van der Waals surface area contributed by atoms with Crippen molar-refractivity contribution in [2.24, 2.45) is 0 Å². The van der Waals surface area contributed by atoms with Crippen molar-refractivity contribution in [2.75, 3.05) is 10.2 Å². The largest absolute Gasteiger partial charge is 0.326 e. The quantitative estimate of drug-likeness (QED) is 0.757. The number of amides is 2. The number of aryl methyl sites for hydroxylation is 2. The molecule has 1 fully saturated rings. The summed E-state index contributed by atoms with van der Waals surface area (Å²) < 4.78 is 1.94. The topological polar surface area (TPSA) is 67.2 Å². The maximum absolute atomic E-state index is 13.1. The molecule has 6 heteroatoms. The van der Waals surface area contributed by atoms with Crippen LogP contribution in [-0.2, 0) is 9.59 Å². The minimum atomic E-state index is -0.547. The van der Waals surface area contributed by atoms with E-state index < -0.39 is 6.04 Å². The van der Waals surface area contributed by atoms with Gasteiger partial charge in [-0.25, -0.2) is 4.98 Å². The Morgan fingerprint density at radius 1 is 1.14 bits per heavy atom. The van der Waals surface area contributed by atoms with Crippen LogP contribution in [0.25, 0.3) is 11.0 Å². The Labute approximate surface area is 163 Å². The Morgan fingerprint density at radius 3 is 2.68 bits per heavy atom. The van der Waals surface area contributed by atoms with Gasteiger partial charge in [-0.1, -0.05) is 18.2 Å². The highest BCUT2D eigenvalue weighted by Gasteiger charge is 2.47. The van der Waals surface area contributed by atoms with Crippen LogP contribution in [0.1, 0.15) is 36.4 Å². The van der Waals surface area contributed by atoms with Crippen LogP contribution in [-0.4, -0.2) is 27.4 Å². The average Bonchev–Trinajstić information content (AvgIpc) is 3.37. The van der Waals surface area contributed by atoms with E-state index in [1.165, 1.54) is 5.56 Å². The fraction of sp³-hybridized carbons (Fsp3) is 0.318. The molecule has 1 aliphatic carbocycles. The highest BCUT2D eigenvalue weighted by molar-refractivity contribution is 6.05. The van der Waals surface area contributed by atoms with E-state index in [4.69, 9.17) is 0 Å². The highest BCUT2D eigenvalue weighted by atomic mass is 16.2. The first-order valence-corrected chi connectivity index (χ1v) is 9.70. The SMILES string of the molecule is Cc1ccc(NC(=O)C[C@@H]2C(=O)N(C3CC3)c3nc4ccccc4n32)cc1C. The Morgan fingerprint density at radius 2 is 1.93 bits per heavy atom. The highest BCUT2D eigenvalue weighted by Crippen LogP contribution is 2.42. The van der Waals surface area contributed by atoms with Crippen LogP contribution in [0, 0.1) is 13.8 Å². The molecule has 0 saturated heterocycles. The van der Waals surface area contributed by atoms with Crippen molar-refractivity contribution in [1.82, 2.24) is 9.55 Å². The molecule has 28 heavy (non-hydrogen) atoms. The van der Waals surface area contributed by atoms with Crippen molar-refractivity contribution in [3.05, 3.63) is 53.6 Å². The molecule has 1 N–H and O–H groups in total. The first-order chi connectivity index (χ1) is 13.5. The summed E-state index contributed by atoms with van der Waals surface area (Å²) in [6.07, 6.45) is 2.09. The summed E-state index contributed by atoms with van der Waals surface area (Å²) in [6.45, 7) is 4.05. The van der Waals surface area contributed by atoms with Crippen LogP contribution in [0.4, 0.5) is 11.6 Å². The molecule has 1 aromatic heterocycles. The lowest BCUT2D eigenvalue weighted by Crippen LogP contribution is -2.33. The van der Waals surface area contributed by atoms with Gasteiger partial charge in [0.1, 0.15) is 6.04 Å². The second-order valence-corrected chi connectivity index (χ2v) is 7.78. The molecule has 0 unspecified atom stereocenters. The van der Waals surface area contributed by atoms with Crippen LogP contribution in [0.5, 0.6) is 0 Å². The molecular formula is C22H22N4O2. The first-order valence-electron chi connectivity index (χ1n) is 9.70. The Bertz CT molecular complexity index is 1110. The second-order valence-electron chi connectivity index (χ2n) is 7.78. The molecule has 5 rings (SSSR count). The minimum Gasteiger partial charge on any atom is -0.326 e. The number of fused-ring (bicyclic) bond motifs is 3. The van der Waals surface area contributed by atoms with Crippen molar-refractivity contribution in [1.29, 1.82) is 0 Å². The average molecular weight is 374 g/mol. The second kappa shape index (κ2) is 6.19. The van der Waals surface area contributed by atoms with E-state index in [0.717, 1.165) is 35.1 Å². The van der Waals surface area contributed by atoms with Gasteiger partial charge in [0.25, 0.3) is 5.91 Å². The van der Waals surface area contributed by atoms with Crippen LogP contribution < -0.4 is 10.2 Å². The van der Waals surface area contributed by atoms with Crippen LogP contribution >= 0.6 is 0 Å². The molecule has 3 aromatic rings. The number of nitrogens with zero attached hydrogens (tertiary/aromatic N) is 3. The van der Waals surface area contributed by atoms with Crippen LogP contribution in [0.3, 0.4) is 0 Å². The van der Waals surface area contributed by atoms with Gasteiger partial charge in [0.15, 0.2) is 0 Å². The number of imidazole rings is 1. The van der Waals surface area contributed by atoms with Gasteiger partial charge in [-0.3, -0.25) is 19.1 Å². The summed E-state index contributed by atoms with van der Waals surface area (Å²) in [5, 5.41) is 2.94. The van der Waals surface area contributed by atoms with Gasteiger partial charge in [-0.15, -0.1) is 0 Å². The maximum atomic E-state index is 13.1. The van der Waals surface area contributed by atoms with Gasteiger partial charge in [-0.05, 0) is 62.1 Å². The number of para-hydroxylation sites is 2. The third-order valence-corrected chi connectivity index (χ3v) is 5.71. The number of hydrogen-bond donors (Lipinski definition) is 1. The number of rotatable bonds is 4. The monoisotopic (exact) mass is 374 g/mol. The van der Waals surface area contributed by atoms with Gasteiger partial charge in [0.2, 0.25) is 11.9 Å². The molecule has 0 bridgehead atoms. The van der Waals surface area contributed by atoms with Gasteiger partial charge < -0.3 is 5.32 Å². The number of nitrogens with one attached hydrogen (secondary N) is 1. The van der Waals surface area contributed by atoms with Crippen molar-refractivity contribution < 1.29 is 9.59 Å². The smallest absolute Gasteiger partial charge is 0.253 e. The molecule has 0 radical (unpaired) electrons. The van der Waals surface area contributed by atoms with Crippen molar-refractivity contribution in [3.63, 3.8) is 0 Å². The maximum Gasteiger partial charge on any atom is 0.253 e. The van der Waals surface area contributed by atoms with Gasteiger partial charge in [0.05, 0.1) is 17.5 Å². The molecule has 142 valence electrons. The number of carbonyl (C=O) groups is 2. The van der Waals surface area contributed by atoms with E-state index in [0.29, 0.717) is 5.95 Å². The summed E-state index contributed by atoms with van der Waals surface area (Å²) in [4.78, 5) is 32.4. The van der Waals surface area contributed by atoms with E-state index in [1.807, 2.05) is 60.9 Å². The zero-order chi connectivity index (χ0) is 19.4. The fourth-order valence-electron chi connectivity index (χ4n) is 3.94. The zero-order valence-corrected chi connectivity index (χ0v) is 16.0. The third kappa shape index (κ3) is 2.68. The van der Waals surface area contributed by atoms with E-state index in [2.05, 4.69) is 10.3 Å². The van der Waals surface area contributed by atoms with E-state index in [-0.39, 0.29) is 24.3 Å². The van der Waals surface area contributed by atoms with Gasteiger partial charge in [0, 0.05) is 11.7 Å². The lowest BCUT2D eigenvalue weighted by Gasteiger charge is -2.15. The summed E-state index contributed by atoms with van der Waals surface area (Å²) in [5.74, 6) is 0.492. The molecule has 1 aliphatic heterocycles. The Kier molecular flexibility index (Phi) is 3.75. The molecule has 2 amide bonds. The van der Waals surface area contributed by atoms with Crippen LogP contribution in [0.15, 0.2) is 42.5 Å². The molecule has 1 atom stereocenters. The standard InChI is InChI=1S/C22H22N4O2/c1-13-7-8-15(11-14(13)2)23-20(27)12-19-21(28)25(16-9-10-16)22-24-17-5-3-4-6-18(17)26(19)22/h3-8,11,16,19H,9-10,12H2,1-2H3,(H,23,27)/t19-/m1/s1. The van der Waals surface area contributed by atoms with Crippen LogP contribution in [0.2, 0.25) is 0 Å². The molecule has 1 saturated carbocycles. The summed E-state index contributed by atoms with van der Waals surface area (Å²) >= 11 is 0. The number of benzene rings is 2. The lowest BCUT2D eigenvalue weighted by molar-refractivity contribution is -0.124. The number of aromatic nitrogens is 2. The van der Waals surface area contributed by atoms with Crippen molar-refractivity contribution in [3.8, 4) is 0 Å². The molecule has 6 nitrogen and oxygen atoms in total. The first kappa shape index (κ1) is 17.0. The van der Waals surface area contributed by atoms with E-state index >= 15 is 0 Å². The predicted molar refractivity (Wildman–Crippen MR) is 108 cm³/mol. The molecular weight excluding hydrogens is 352 g/mol. The normalized spacial score (nSPS) is 18.6. The third-order valence-electron chi connectivity index (χ3n) is 5.71. The lowest BCUT2D eigenvalue weighted by atomic mass is 10.1. The zero-order valence-electron chi connectivity index (χ0n) is 16.0.